The van der Waals surface area contributed by atoms with Crippen LogP contribution in [0.3, 0.4) is 0 Å². The highest BCUT2D eigenvalue weighted by molar-refractivity contribution is 5.82. The Morgan fingerprint density at radius 2 is 1.70 bits per heavy atom. The molecular weight excluding hydrogens is 305 g/mol. The Labute approximate surface area is 132 Å². The number of ketones is 1. The van der Waals surface area contributed by atoms with Gasteiger partial charge in [-0.2, -0.15) is 13.2 Å². The fourth-order valence-corrected chi connectivity index (χ4v) is 2.31. The van der Waals surface area contributed by atoms with E-state index in [2.05, 4.69) is 0 Å². The number of alkyl halides is 3. The Morgan fingerprint density at radius 1 is 1.09 bits per heavy atom. The van der Waals surface area contributed by atoms with Crippen LogP contribution in [0.2, 0.25) is 0 Å². The molecule has 23 heavy (non-hydrogen) atoms. The van der Waals surface area contributed by atoms with Gasteiger partial charge in [-0.15, -0.1) is 0 Å². The van der Waals surface area contributed by atoms with Gasteiger partial charge in [0.05, 0.1) is 5.56 Å². The molecular formula is C18H17F3O2. The number of aliphatic hydroxyl groups is 1. The molecule has 0 aromatic heterocycles. The van der Waals surface area contributed by atoms with Crippen molar-refractivity contribution in [1.82, 2.24) is 0 Å². The number of aryl methyl sites for hydroxylation is 1. The Hall–Kier alpha value is -2.14. The fourth-order valence-electron chi connectivity index (χ4n) is 2.31. The van der Waals surface area contributed by atoms with Gasteiger partial charge in [-0.3, -0.25) is 4.79 Å². The average molecular weight is 322 g/mol. The minimum atomic E-state index is -4.40. The summed E-state index contributed by atoms with van der Waals surface area (Å²) in [5, 5.41) is 9.14. The van der Waals surface area contributed by atoms with E-state index in [1.807, 2.05) is 0 Å². The van der Waals surface area contributed by atoms with Crippen molar-refractivity contribution in [2.75, 3.05) is 0 Å². The normalized spacial score (nSPS) is 12.9. The quantitative estimate of drug-likeness (QED) is 0.893. The number of carbonyl (C=O) groups excluding carboxylic acids is 1. The molecule has 0 saturated heterocycles. The number of aliphatic hydroxyl groups excluding tert-OH is 1. The van der Waals surface area contributed by atoms with Crippen LogP contribution < -0.4 is 0 Å². The molecule has 0 aliphatic heterocycles. The molecule has 2 aromatic carbocycles. The summed E-state index contributed by atoms with van der Waals surface area (Å²) >= 11 is 0. The zero-order valence-electron chi connectivity index (χ0n) is 12.6. The van der Waals surface area contributed by atoms with E-state index in [-0.39, 0.29) is 17.8 Å². The van der Waals surface area contributed by atoms with Gasteiger partial charge in [-0.05, 0) is 36.1 Å². The zero-order valence-corrected chi connectivity index (χ0v) is 12.6. The lowest BCUT2D eigenvalue weighted by Gasteiger charge is -2.13. The Balaban J connectivity index is 2.19. The molecule has 2 nitrogen and oxygen atoms in total. The van der Waals surface area contributed by atoms with Crippen LogP contribution in [0, 0.1) is 0 Å². The molecule has 1 atom stereocenters. The highest BCUT2D eigenvalue weighted by Crippen LogP contribution is 2.36. The van der Waals surface area contributed by atoms with E-state index >= 15 is 0 Å². The van der Waals surface area contributed by atoms with Gasteiger partial charge in [-0.25, -0.2) is 0 Å². The van der Waals surface area contributed by atoms with Gasteiger partial charge in [0, 0.05) is 6.42 Å². The van der Waals surface area contributed by atoms with Crippen molar-refractivity contribution in [3.63, 3.8) is 0 Å². The molecule has 1 unspecified atom stereocenters. The third kappa shape index (κ3) is 4.42. The van der Waals surface area contributed by atoms with Gasteiger partial charge < -0.3 is 5.11 Å². The maximum absolute atomic E-state index is 13.0. The predicted molar refractivity (Wildman–Crippen MR) is 81.9 cm³/mol. The highest BCUT2D eigenvalue weighted by Gasteiger charge is 2.33. The van der Waals surface area contributed by atoms with Gasteiger partial charge in [-0.1, -0.05) is 42.5 Å². The number of Topliss-reactive ketones (excluding diaryl/α,β-unsaturated/α-hetero) is 1. The lowest BCUT2D eigenvalue weighted by atomic mass is 9.97. The smallest absolute Gasteiger partial charge is 0.386 e. The molecule has 0 saturated carbocycles. The first-order chi connectivity index (χ1) is 10.8. The van der Waals surface area contributed by atoms with Crippen molar-refractivity contribution in [3.8, 4) is 11.1 Å². The van der Waals surface area contributed by atoms with Crippen LogP contribution in [0.15, 0.2) is 48.5 Å². The van der Waals surface area contributed by atoms with Crippen molar-refractivity contribution in [2.24, 2.45) is 0 Å². The van der Waals surface area contributed by atoms with Crippen molar-refractivity contribution in [2.45, 2.75) is 32.0 Å². The molecule has 0 aliphatic rings. The van der Waals surface area contributed by atoms with Gasteiger partial charge in [0.1, 0.15) is 6.10 Å². The molecule has 0 spiro atoms. The summed E-state index contributed by atoms with van der Waals surface area (Å²) in [5.41, 5.74) is 0.777. The summed E-state index contributed by atoms with van der Waals surface area (Å²) in [6, 6.07) is 12.1. The van der Waals surface area contributed by atoms with E-state index in [4.69, 9.17) is 5.11 Å². The van der Waals surface area contributed by atoms with Crippen LogP contribution in [0.4, 0.5) is 13.2 Å². The molecule has 0 heterocycles. The van der Waals surface area contributed by atoms with Crippen LogP contribution in [0.5, 0.6) is 0 Å². The first-order valence-electron chi connectivity index (χ1n) is 7.25. The van der Waals surface area contributed by atoms with Crippen LogP contribution in [-0.2, 0) is 17.4 Å². The summed E-state index contributed by atoms with van der Waals surface area (Å²) in [4.78, 5) is 11.4. The number of halogens is 3. The van der Waals surface area contributed by atoms with E-state index in [1.54, 1.807) is 30.3 Å². The summed E-state index contributed by atoms with van der Waals surface area (Å²) in [6.07, 6.45) is -4.74. The number of rotatable bonds is 5. The Morgan fingerprint density at radius 3 is 2.26 bits per heavy atom. The van der Waals surface area contributed by atoms with E-state index < -0.39 is 17.8 Å². The van der Waals surface area contributed by atoms with Gasteiger partial charge in [0.15, 0.2) is 5.78 Å². The summed E-state index contributed by atoms with van der Waals surface area (Å²) in [7, 11) is 0. The summed E-state index contributed by atoms with van der Waals surface area (Å²) in [6.45, 7) is 1.42. The molecule has 0 amide bonds. The van der Waals surface area contributed by atoms with Gasteiger partial charge >= 0.3 is 6.18 Å². The Kier molecular flexibility index (Phi) is 5.21. The molecule has 2 rings (SSSR count). The molecule has 122 valence electrons. The van der Waals surface area contributed by atoms with E-state index in [9.17, 15) is 18.0 Å². The number of benzene rings is 2. The van der Waals surface area contributed by atoms with Crippen LogP contribution >= 0.6 is 0 Å². The van der Waals surface area contributed by atoms with Crippen molar-refractivity contribution < 1.29 is 23.1 Å². The fraction of sp³-hybridized carbons (Fsp3) is 0.278. The topological polar surface area (TPSA) is 37.3 Å². The maximum Gasteiger partial charge on any atom is 0.417 e. The van der Waals surface area contributed by atoms with Gasteiger partial charge in [0.25, 0.3) is 0 Å². The number of carbonyl (C=O) groups is 1. The lowest BCUT2D eigenvalue weighted by molar-refractivity contribution is -0.137. The second-order valence-electron chi connectivity index (χ2n) is 5.38. The van der Waals surface area contributed by atoms with Crippen LogP contribution in [0.25, 0.3) is 11.1 Å². The number of hydrogen-bond donors (Lipinski definition) is 1. The largest absolute Gasteiger partial charge is 0.417 e. The van der Waals surface area contributed by atoms with Crippen LogP contribution in [-0.4, -0.2) is 17.0 Å². The van der Waals surface area contributed by atoms with Crippen molar-refractivity contribution in [3.05, 3.63) is 59.7 Å². The minimum Gasteiger partial charge on any atom is -0.386 e. The molecule has 0 fully saturated rings. The van der Waals surface area contributed by atoms with Crippen molar-refractivity contribution in [1.29, 1.82) is 0 Å². The molecule has 5 heteroatoms. The van der Waals surface area contributed by atoms with E-state index in [1.165, 1.54) is 19.1 Å². The van der Waals surface area contributed by atoms with E-state index in [0.717, 1.165) is 11.6 Å². The minimum absolute atomic E-state index is 0.131. The van der Waals surface area contributed by atoms with Crippen LogP contribution in [0.1, 0.15) is 24.5 Å². The third-order valence-corrected chi connectivity index (χ3v) is 3.62. The summed E-state index contributed by atoms with van der Waals surface area (Å²) < 4.78 is 39.1. The SMILES string of the molecule is CC(O)C(=O)CCc1ccc(-c2ccccc2C(F)(F)F)cc1. The standard InChI is InChI=1S/C18H17F3O2/c1-12(22)17(23)11-8-13-6-9-14(10-7-13)15-4-2-3-5-16(15)18(19,20)21/h2-7,9-10,12,22H,8,11H2,1H3. The van der Waals surface area contributed by atoms with E-state index in [0.29, 0.717) is 12.0 Å². The van der Waals surface area contributed by atoms with Gasteiger partial charge in [0.2, 0.25) is 0 Å². The molecule has 1 N–H and O–H groups in total. The summed E-state index contributed by atoms with van der Waals surface area (Å²) in [5.74, 6) is -0.253. The monoisotopic (exact) mass is 322 g/mol. The molecule has 0 aliphatic carbocycles. The molecule has 0 radical (unpaired) electrons. The maximum atomic E-state index is 13.0. The first kappa shape index (κ1) is 17.2. The second kappa shape index (κ2) is 6.96. The Bertz CT molecular complexity index is 673. The number of hydrogen-bond acceptors (Lipinski definition) is 2. The highest BCUT2D eigenvalue weighted by atomic mass is 19.4. The predicted octanol–water partition coefficient (Wildman–Crippen LogP) is 4.25. The molecule has 2 aromatic rings. The zero-order chi connectivity index (χ0) is 17.0. The molecule has 0 bridgehead atoms. The first-order valence-corrected chi connectivity index (χ1v) is 7.25. The third-order valence-electron chi connectivity index (χ3n) is 3.62. The van der Waals surface area contributed by atoms with Crippen molar-refractivity contribution >= 4 is 5.78 Å². The second-order valence-corrected chi connectivity index (χ2v) is 5.38. The average Bonchev–Trinajstić information content (AvgIpc) is 2.52. The lowest BCUT2D eigenvalue weighted by Crippen LogP contribution is -2.16.